The number of ether oxygens (including phenoxy) is 3. The molecule has 3 aromatic heterocycles. The number of aryl methyl sites for hydroxylation is 3. The smallest absolute Gasteiger partial charge is 0.218 e. The Balaban J connectivity index is 0.000000170. The van der Waals surface area contributed by atoms with Gasteiger partial charge in [0.25, 0.3) is 0 Å². The van der Waals surface area contributed by atoms with Crippen LogP contribution >= 0.6 is 35.3 Å². The fourth-order valence-electron chi connectivity index (χ4n) is 8.07. The van der Waals surface area contributed by atoms with Crippen molar-refractivity contribution in [3.63, 3.8) is 0 Å². The number of carbonyl (C=O) groups is 7. The van der Waals surface area contributed by atoms with E-state index in [4.69, 9.17) is 14.2 Å². The van der Waals surface area contributed by atoms with Gasteiger partial charge >= 0.3 is 0 Å². The molecular weight excluding hydrogens is 1050 g/mol. The molecule has 15 nitrogen and oxygen atoms in total. The molecule has 0 saturated carbocycles. The molecule has 18 heteroatoms. The molecule has 406 valence electrons. The molecule has 78 heavy (non-hydrogen) atoms. The lowest BCUT2D eigenvalue weighted by molar-refractivity contribution is -0.122. The number of hydrogen-bond acceptors (Lipinski definition) is 18. The van der Waals surface area contributed by atoms with Crippen LogP contribution in [0.2, 0.25) is 0 Å². The van der Waals surface area contributed by atoms with Gasteiger partial charge < -0.3 is 24.4 Å². The Kier molecular flexibility index (Phi) is 22.1. The summed E-state index contributed by atoms with van der Waals surface area (Å²) in [5.41, 5.74) is 7.81. The maximum atomic E-state index is 12.1. The Morgan fingerprint density at radius 3 is 1.06 bits per heavy atom. The maximum Gasteiger partial charge on any atom is 0.218 e. The molecule has 0 aliphatic carbocycles. The first kappa shape index (κ1) is 58.8. The van der Waals surface area contributed by atoms with E-state index in [-0.39, 0.29) is 93.3 Å². The zero-order valence-electron chi connectivity index (χ0n) is 43.5. The van der Waals surface area contributed by atoms with E-state index in [1.54, 1.807) is 36.8 Å². The highest BCUT2D eigenvalue weighted by molar-refractivity contribution is 8.16. The first-order valence-electron chi connectivity index (χ1n) is 25.7. The SMILES string of the molecule is CCc1ccc(C(=O)COc2ccc(CC3SC(=O)CC3=O)cc2)nc1.CCc1ccc([C@@H](O)COc2ccc(CC3SC(=O)CC3=O)cc2)nc1.CCc1ccc([C@H](O)COc2ccc(CC3SC(=O)CC3=O)cc2)nc1. The lowest BCUT2D eigenvalue weighted by Gasteiger charge is -2.13. The van der Waals surface area contributed by atoms with Crippen LogP contribution in [0, 0.1) is 0 Å². The van der Waals surface area contributed by atoms with Crippen molar-refractivity contribution in [3.8, 4) is 17.2 Å². The maximum absolute atomic E-state index is 12.1. The van der Waals surface area contributed by atoms with Gasteiger partial charge in [0.1, 0.15) is 48.4 Å². The number of nitrogens with zero attached hydrogens (tertiary/aromatic N) is 3. The summed E-state index contributed by atoms with van der Waals surface area (Å²) < 4.78 is 16.8. The van der Waals surface area contributed by atoms with Gasteiger partial charge in [-0.1, -0.05) is 111 Å². The van der Waals surface area contributed by atoms with Crippen molar-refractivity contribution in [1.29, 1.82) is 0 Å². The Labute approximate surface area is 466 Å². The van der Waals surface area contributed by atoms with Crippen molar-refractivity contribution in [1.82, 2.24) is 15.0 Å². The van der Waals surface area contributed by atoms with Crippen LogP contribution in [0.5, 0.6) is 17.2 Å². The second-order valence-corrected chi connectivity index (χ2v) is 22.3. The lowest BCUT2D eigenvalue weighted by Crippen LogP contribution is -2.14. The van der Waals surface area contributed by atoms with Gasteiger partial charge in [-0.3, -0.25) is 48.5 Å². The molecule has 3 saturated heterocycles. The molecule has 6 aromatic rings. The van der Waals surface area contributed by atoms with Gasteiger partial charge in [-0.2, -0.15) is 0 Å². The summed E-state index contributed by atoms with van der Waals surface area (Å²) in [5.74, 6) is 1.68. The van der Waals surface area contributed by atoms with Gasteiger partial charge in [-0.05, 0) is 127 Å². The molecule has 5 atom stereocenters. The number of benzene rings is 3. The average Bonchev–Trinajstić information content (AvgIpc) is 4.09. The Bertz CT molecular complexity index is 2880. The Morgan fingerprint density at radius 2 is 0.782 bits per heavy atom. The Morgan fingerprint density at radius 1 is 0.462 bits per heavy atom. The van der Waals surface area contributed by atoms with Gasteiger partial charge in [0, 0.05) is 18.6 Å². The fraction of sp³-hybridized carbons (Fsp3) is 0.333. The highest BCUT2D eigenvalue weighted by atomic mass is 32.2. The number of aliphatic hydroxyl groups is 2. The number of hydrogen-bond donors (Lipinski definition) is 2. The molecular formula is C60H61N3O12S3. The molecule has 0 bridgehead atoms. The second kappa shape index (κ2) is 29.2. The minimum Gasteiger partial charge on any atom is -0.490 e. The van der Waals surface area contributed by atoms with Gasteiger partial charge in [-0.25, -0.2) is 0 Å². The number of Topliss-reactive ketones (excluding diaryl/α,β-unsaturated/α-hetero) is 4. The van der Waals surface area contributed by atoms with E-state index in [2.05, 4.69) is 28.8 Å². The second-order valence-electron chi connectivity index (χ2n) is 18.6. The quantitative estimate of drug-likeness (QED) is 0.0507. The first-order chi connectivity index (χ1) is 37.6. The van der Waals surface area contributed by atoms with Gasteiger partial charge in [-0.15, -0.1) is 0 Å². The molecule has 3 aliphatic heterocycles. The lowest BCUT2D eigenvalue weighted by atomic mass is 10.1. The number of carbonyl (C=O) groups excluding carboxylic acids is 7. The third-order valence-electron chi connectivity index (χ3n) is 12.8. The van der Waals surface area contributed by atoms with E-state index >= 15 is 0 Å². The summed E-state index contributed by atoms with van der Waals surface area (Å²) in [5, 5.41) is 19.4. The van der Waals surface area contributed by atoms with Crippen LogP contribution in [0.4, 0.5) is 0 Å². The summed E-state index contributed by atoms with van der Waals surface area (Å²) in [6, 6.07) is 33.1. The van der Waals surface area contributed by atoms with Crippen molar-refractivity contribution in [2.24, 2.45) is 0 Å². The van der Waals surface area contributed by atoms with Gasteiger partial charge in [0.05, 0.1) is 46.4 Å². The number of pyridine rings is 3. The van der Waals surface area contributed by atoms with Crippen LogP contribution in [0.1, 0.15) is 107 Å². The highest BCUT2D eigenvalue weighted by Crippen LogP contribution is 2.31. The number of thioether (sulfide) groups is 3. The van der Waals surface area contributed by atoms with Crippen molar-refractivity contribution >= 4 is 73.8 Å². The van der Waals surface area contributed by atoms with Crippen LogP contribution in [0.3, 0.4) is 0 Å². The molecule has 3 unspecified atom stereocenters. The van der Waals surface area contributed by atoms with E-state index in [0.29, 0.717) is 53.6 Å². The molecule has 3 aromatic carbocycles. The van der Waals surface area contributed by atoms with E-state index in [1.165, 1.54) is 0 Å². The molecule has 3 fully saturated rings. The summed E-state index contributed by atoms with van der Waals surface area (Å²) in [6.45, 7) is 6.29. The standard InChI is InChI=1S/2C20H21NO4S.C20H19NO4S/c3*1-2-13-5-8-16(21-11-13)18(23)12-25-15-6-3-14(4-7-15)9-19-17(22)10-20(24)26-19/h2*3-8,11,18-19,23H,2,9-10,12H2,1H3;3-8,11,19H,2,9-10,12H2,1H3/t2*18-,19?;/m10./s1. The van der Waals surface area contributed by atoms with Crippen LogP contribution in [0.25, 0.3) is 0 Å². The Hall–Kier alpha value is -6.83. The van der Waals surface area contributed by atoms with Crippen molar-refractivity contribution in [2.45, 2.75) is 107 Å². The number of aliphatic hydroxyl groups excluding tert-OH is 2. The van der Waals surface area contributed by atoms with E-state index in [1.807, 2.05) is 97.9 Å². The summed E-state index contributed by atoms with van der Waals surface area (Å²) in [4.78, 5) is 93.8. The number of rotatable bonds is 21. The third kappa shape index (κ3) is 17.9. The van der Waals surface area contributed by atoms with Crippen molar-refractivity contribution < 1.29 is 58.0 Å². The molecule has 0 radical (unpaired) electrons. The van der Waals surface area contributed by atoms with Crippen LogP contribution in [0.15, 0.2) is 128 Å². The largest absolute Gasteiger partial charge is 0.490 e. The minimum atomic E-state index is -0.792. The predicted octanol–water partition coefficient (Wildman–Crippen LogP) is 8.85. The number of ketones is 4. The monoisotopic (exact) mass is 1110 g/mol. The molecule has 0 spiro atoms. The van der Waals surface area contributed by atoms with Crippen molar-refractivity contribution in [3.05, 3.63) is 178 Å². The molecule has 0 amide bonds. The highest BCUT2D eigenvalue weighted by Gasteiger charge is 2.33. The zero-order valence-corrected chi connectivity index (χ0v) is 46.0. The summed E-state index contributed by atoms with van der Waals surface area (Å²) in [7, 11) is 0. The molecule has 6 heterocycles. The molecule has 2 N–H and O–H groups in total. The fourth-order valence-corrected chi connectivity index (χ4v) is 11.2. The normalized spacial score (nSPS) is 17.7. The summed E-state index contributed by atoms with van der Waals surface area (Å²) >= 11 is 3.37. The van der Waals surface area contributed by atoms with Gasteiger partial charge in [0.2, 0.25) is 5.78 Å². The number of aromatic nitrogens is 3. The van der Waals surface area contributed by atoms with Gasteiger partial charge in [0.15, 0.2) is 39.3 Å². The van der Waals surface area contributed by atoms with Crippen LogP contribution in [-0.4, -0.2) is 99.2 Å². The van der Waals surface area contributed by atoms with E-state index < -0.39 is 12.2 Å². The molecule has 3 aliphatic rings. The topological polar surface area (TPSA) is 226 Å². The van der Waals surface area contributed by atoms with E-state index in [9.17, 15) is 43.8 Å². The predicted molar refractivity (Wildman–Crippen MR) is 300 cm³/mol. The average molecular weight is 1110 g/mol. The van der Waals surface area contributed by atoms with Crippen LogP contribution in [-0.2, 0) is 67.3 Å². The summed E-state index contributed by atoms with van der Waals surface area (Å²) in [6.07, 6.45) is 8.09. The molecule has 9 rings (SSSR count). The zero-order chi connectivity index (χ0) is 55.6. The third-order valence-corrected chi connectivity index (χ3v) is 16.2. The van der Waals surface area contributed by atoms with Crippen molar-refractivity contribution in [2.75, 3.05) is 19.8 Å². The minimum absolute atomic E-state index is 0.00467. The van der Waals surface area contributed by atoms with Crippen LogP contribution < -0.4 is 14.2 Å². The first-order valence-corrected chi connectivity index (χ1v) is 28.3. The van der Waals surface area contributed by atoms with E-state index in [0.717, 1.165) is 87.9 Å².